The van der Waals surface area contributed by atoms with Gasteiger partial charge in [-0.05, 0) is 50.1 Å². The number of nitrogens with one attached hydrogen (secondary N) is 2. The van der Waals surface area contributed by atoms with Gasteiger partial charge in [0.25, 0.3) is 0 Å². The van der Waals surface area contributed by atoms with Crippen molar-refractivity contribution >= 4 is 50.6 Å². The molecule has 36 heavy (non-hydrogen) atoms. The standard InChI is InChI=1S/C23H23FN8O3S/c1-11(2)31-21-19(32(23(31)33)17-7-4-12(3)18-14(17)9-26-30-18)20(25)28-22(29-21)27-16-6-5-13(8-15(16)24)10-36(34)35/h4-9,11H,10H2,1-3H3,(H,26,30)(H,34,35)(H3,25,27,28,29). The lowest BCUT2D eigenvalue weighted by Gasteiger charge is -2.11. The van der Waals surface area contributed by atoms with Crippen molar-refractivity contribution in [2.24, 2.45) is 0 Å². The van der Waals surface area contributed by atoms with Gasteiger partial charge in [0, 0.05) is 11.4 Å². The second-order valence-electron chi connectivity index (χ2n) is 8.65. The van der Waals surface area contributed by atoms with Gasteiger partial charge in [0.2, 0.25) is 5.95 Å². The van der Waals surface area contributed by atoms with Crippen molar-refractivity contribution in [1.29, 1.82) is 0 Å². The van der Waals surface area contributed by atoms with E-state index in [1.165, 1.54) is 21.3 Å². The molecule has 1 atom stereocenters. The van der Waals surface area contributed by atoms with Crippen molar-refractivity contribution in [3.05, 3.63) is 64.0 Å². The van der Waals surface area contributed by atoms with Crippen LogP contribution in [0.1, 0.15) is 31.0 Å². The molecule has 2 aromatic carbocycles. The van der Waals surface area contributed by atoms with Crippen LogP contribution in [-0.2, 0) is 16.8 Å². The van der Waals surface area contributed by atoms with Crippen molar-refractivity contribution in [2.45, 2.75) is 32.6 Å². The molecule has 0 aliphatic heterocycles. The maximum absolute atomic E-state index is 14.6. The average molecular weight is 511 g/mol. The third-order valence-corrected chi connectivity index (χ3v) is 6.45. The van der Waals surface area contributed by atoms with Gasteiger partial charge < -0.3 is 15.6 Å². The summed E-state index contributed by atoms with van der Waals surface area (Å²) < 4.78 is 37.7. The van der Waals surface area contributed by atoms with Gasteiger partial charge in [0.15, 0.2) is 22.5 Å². The summed E-state index contributed by atoms with van der Waals surface area (Å²) in [6, 6.07) is 7.54. The largest absolute Gasteiger partial charge is 0.382 e. The van der Waals surface area contributed by atoms with E-state index in [2.05, 4.69) is 25.5 Å². The molecule has 0 fully saturated rings. The van der Waals surface area contributed by atoms with E-state index in [4.69, 9.17) is 10.3 Å². The van der Waals surface area contributed by atoms with Gasteiger partial charge in [-0.3, -0.25) is 14.2 Å². The first kappa shape index (κ1) is 23.6. The number of imidazole rings is 1. The number of nitrogen functional groups attached to an aromatic ring is 1. The van der Waals surface area contributed by atoms with E-state index in [0.717, 1.165) is 22.5 Å². The van der Waals surface area contributed by atoms with Crippen LogP contribution < -0.4 is 16.7 Å². The van der Waals surface area contributed by atoms with Gasteiger partial charge in [0.05, 0.1) is 28.8 Å². The maximum atomic E-state index is 14.6. The number of anilines is 3. The van der Waals surface area contributed by atoms with Gasteiger partial charge in [-0.15, -0.1) is 0 Å². The van der Waals surface area contributed by atoms with E-state index in [0.29, 0.717) is 16.8 Å². The lowest BCUT2D eigenvalue weighted by atomic mass is 10.1. The molecular formula is C23H23FN8O3S. The van der Waals surface area contributed by atoms with Crippen molar-refractivity contribution in [3.63, 3.8) is 0 Å². The van der Waals surface area contributed by atoms with Crippen LogP contribution in [0.15, 0.2) is 41.3 Å². The van der Waals surface area contributed by atoms with E-state index >= 15 is 0 Å². The summed E-state index contributed by atoms with van der Waals surface area (Å²) in [5, 5.41) is 10.6. The Hall–Kier alpha value is -4.10. The van der Waals surface area contributed by atoms with Gasteiger partial charge in [-0.25, -0.2) is 13.4 Å². The molecule has 0 aliphatic carbocycles. The third-order valence-electron chi connectivity index (χ3n) is 5.87. The Balaban J connectivity index is 1.67. The monoisotopic (exact) mass is 510 g/mol. The molecule has 1 unspecified atom stereocenters. The fourth-order valence-electron chi connectivity index (χ4n) is 4.25. The summed E-state index contributed by atoms with van der Waals surface area (Å²) in [5.74, 6) is -0.810. The number of nitrogens with zero attached hydrogens (tertiary/aromatic N) is 5. The molecule has 0 saturated carbocycles. The minimum Gasteiger partial charge on any atom is -0.382 e. The number of rotatable bonds is 6. The molecule has 13 heteroatoms. The quantitative estimate of drug-likeness (QED) is 0.253. The Morgan fingerprint density at radius 1 is 1.25 bits per heavy atom. The van der Waals surface area contributed by atoms with Crippen LogP contribution in [0.2, 0.25) is 0 Å². The predicted octanol–water partition coefficient (Wildman–Crippen LogP) is 3.53. The SMILES string of the molecule is Cc1ccc(-n2c(=O)n(C(C)C)c3nc(Nc4ccc(CS(=O)O)cc4F)nc(N)c32)c2cn[nH]c12. The molecule has 0 radical (unpaired) electrons. The maximum Gasteiger partial charge on any atom is 0.335 e. The Morgan fingerprint density at radius 2 is 2.03 bits per heavy atom. The van der Waals surface area contributed by atoms with Crippen LogP contribution in [-0.4, -0.2) is 38.1 Å². The van der Waals surface area contributed by atoms with Crippen LogP contribution in [0.4, 0.5) is 21.8 Å². The second-order valence-corrected chi connectivity index (χ2v) is 9.58. The molecule has 0 bridgehead atoms. The smallest absolute Gasteiger partial charge is 0.335 e. The lowest BCUT2D eigenvalue weighted by molar-refractivity contribution is 0.563. The average Bonchev–Trinajstić information content (AvgIpc) is 3.39. The molecule has 3 aromatic heterocycles. The summed E-state index contributed by atoms with van der Waals surface area (Å²) in [7, 11) is 0. The molecule has 5 N–H and O–H groups in total. The van der Waals surface area contributed by atoms with Crippen LogP contribution in [0.5, 0.6) is 0 Å². The molecule has 0 aliphatic rings. The Bertz CT molecular complexity index is 1720. The summed E-state index contributed by atoms with van der Waals surface area (Å²) >= 11 is -2.09. The topological polar surface area (TPSA) is 157 Å². The molecule has 0 spiro atoms. The minimum absolute atomic E-state index is 0.00120. The number of aromatic nitrogens is 6. The highest BCUT2D eigenvalue weighted by molar-refractivity contribution is 7.78. The van der Waals surface area contributed by atoms with E-state index in [-0.39, 0.29) is 40.6 Å². The normalized spacial score (nSPS) is 12.6. The zero-order valence-corrected chi connectivity index (χ0v) is 20.4. The van der Waals surface area contributed by atoms with Crippen LogP contribution in [0.25, 0.3) is 27.8 Å². The van der Waals surface area contributed by atoms with Crippen LogP contribution in [0.3, 0.4) is 0 Å². The van der Waals surface area contributed by atoms with Crippen molar-refractivity contribution in [2.75, 3.05) is 11.1 Å². The number of halogens is 1. The molecule has 186 valence electrons. The van der Waals surface area contributed by atoms with E-state index in [1.807, 2.05) is 32.9 Å². The number of nitrogens with two attached hydrogens (primary N) is 1. The number of benzene rings is 2. The predicted molar refractivity (Wildman–Crippen MR) is 136 cm³/mol. The van der Waals surface area contributed by atoms with E-state index in [9.17, 15) is 13.4 Å². The fourth-order valence-corrected chi connectivity index (χ4v) is 4.71. The van der Waals surface area contributed by atoms with Gasteiger partial charge in [-0.2, -0.15) is 15.1 Å². The third kappa shape index (κ3) is 3.91. The zero-order valence-electron chi connectivity index (χ0n) is 19.6. The first-order valence-electron chi connectivity index (χ1n) is 11.0. The van der Waals surface area contributed by atoms with Crippen LogP contribution in [0, 0.1) is 12.7 Å². The van der Waals surface area contributed by atoms with Gasteiger partial charge >= 0.3 is 5.69 Å². The summed E-state index contributed by atoms with van der Waals surface area (Å²) in [6.45, 7) is 5.64. The second kappa shape index (κ2) is 8.84. The highest BCUT2D eigenvalue weighted by Gasteiger charge is 2.24. The number of aryl methyl sites for hydroxylation is 1. The Kier molecular flexibility index (Phi) is 5.80. The van der Waals surface area contributed by atoms with Crippen molar-refractivity contribution in [1.82, 2.24) is 29.3 Å². The molecule has 5 aromatic rings. The molecule has 3 heterocycles. The number of aromatic amines is 1. The fraction of sp³-hybridized carbons (Fsp3) is 0.217. The van der Waals surface area contributed by atoms with Crippen molar-refractivity contribution in [3.8, 4) is 5.69 Å². The first-order chi connectivity index (χ1) is 17.2. The summed E-state index contributed by atoms with van der Waals surface area (Å²) in [6.07, 6.45) is 1.65. The summed E-state index contributed by atoms with van der Waals surface area (Å²) in [4.78, 5) is 22.4. The van der Waals surface area contributed by atoms with Crippen LogP contribution >= 0.6 is 0 Å². The minimum atomic E-state index is -2.09. The number of hydrogen-bond donors (Lipinski definition) is 4. The highest BCUT2D eigenvalue weighted by Crippen LogP contribution is 2.30. The zero-order chi connectivity index (χ0) is 25.7. The summed E-state index contributed by atoms with van der Waals surface area (Å²) in [5.41, 5.74) is 9.39. The van der Waals surface area contributed by atoms with Crippen molar-refractivity contribution < 1.29 is 13.2 Å². The number of fused-ring (bicyclic) bond motifs is 2. The number of hydrogen-bond acceptors (Lipinski definition) is 7. The molecule has 0 saturated heterocycles. The Morgan fingerprint density at radius 3 is 2.72 bits per heavy atom. The van der Waals surface area contributed by atoms with Gasteiger partial charge in [-0.1, -0.05) is 12.1 Å². The van der Waals surface area contributed by atoms with E-state index in [1.54, 1.807) is 6.20 Å². The first-order valence-corrected chi connectivity index (χ1v) is 12.3. The number of H-pyrrole nitrogens is 1. The van der Waals surface area contributed by atoms with E-state index < -0.39 is 16.9 Å². The molecular weight excluding hydrogens is 487 g/mol. The molecule has 5 rings (SSSR count). The lowest BCUT2D eigenvalue weighted by Crippen LogP contribution is -2.24. The van der Waals surface area contributed by atoms with Gasteiger partial charge in [0.1, 0.15) is 11.3 Å². The Labute approximate surface area is 206 Å². The molecule has 0 amide bonds. The highest BCUT2D eigenvalue weighted by atomic mass is 32.2. The molecule has 11 nitrogen and oxygen atoms in total.